The maximum Gasteiger partial charge on any atom is 0.325 e. The molecule has 5 rings (SSSR count). The molecule has 10 nitrogen and oxygen atoms in total. The minimum atomic E-state index is -3.89. The third kappa shape index (κ3) is 4.11. The maximum absolute atomic E-state index is 13.2. The summed E-state index contributed by atoms with van der Waals surface area (Å²) < 4.78 is 45.8. The number of esters is 1. The lowest BCUT2D eigenvalue weighted by Crippen LogP contribution is -2.40. The van der Waals surface area contributed by atoms with E-state index in [9.17, 15) is 18.0 Å². The van der Waals surface area contributed by atoms with Crippen LogP contribution < -0.4 is 14.3 Å². The molecule has 0 aliphatic carbocycles. The van der Waals surface area contributed by atoms with Gasteiger partial charge in [-0.05, 0) is 25.0 Å². The van der Waals surface area contributed by atoms with Gasteiger partial charge in [0.05, 0.1) is 21.7 Å². The monoisotopic (exact) mass is 543 g/mol. The normalized spacial score (nSPS) is 18.6. The second kappa shape index (κ2) is 8.96. The zero-order valence-corrected chi connectivity index (χ0v) is 20.9. The topological polar surface area (TPSA) is 116 Å². The highest BCUT2D eigenvalue weighted by atomic mass is 35.5. The van der Waals surface area contributed by atoms with Crippen LogP contribution in [0.15, 0.2) is 33.5 Å². The Hall–Kier alpha value is -2.45. The highest BCUT2D eigenvalue weighted by Gasteiger charge is 2.40. The molecule has 0 saturated carbocycles. The molecule has 3 aromatic rings. The zero-order chi connectivity index (χ0) is 24.0. The van der Waals surface area contributed by atoms with Crippen LogP contribution in [0.4, 0.5) is 0 Å². The number of halogens is 1. The quantitative estimate of drug-likeness (QED) is 0.454. The molecule has 180 valence electrons. The summed E-state index contributed by atoms with van der Waals surface area (Å²) in [7, 11) is -2.62. The van der Waals surface area contributed by atoms with E-state index < -0.39 is 27.9 Å². The number of carbonyl (C=O) groups is 2. The van der Waals surface area contributed by atoms with Gasteiger partial charge >= 0.3 is 5.97 Å². The van der Waals surface area contributed by atoms with Gasteiger partial charge in [0.15, 0.2) is 16.3 Å². The van der Waals surface area contributed by atoms with Gasteiger partial charge in [0.2, 0.25) is 6.79 Å². The molecule has 1 aromatic carbocycles. The van der Waals surface area contributed by atoms with Crippen molar-refractivity contribution >= 4 is 66.4 Å². The molecule has 0 radical (unpaired) electrons. The van der Waals surface area contributed by atoms with Crippen molar-refractivity contribution in [2.24, 2.45) is 4.99 Å². The highest BCUT2D eigenvalue weighted by Crippen LogP contribution is 2.37. The number of methoxy groups -OCH3 is 1. The summed E-state index contributed by atoms with van der Waals surface area (Å²) in [4.78, 5) is 29.8. The van der Waals surface area contributed by atoms with E-state index in [0.29, 0.717) is 34.2 Å². The molecule has 2 aromatic heterocycles. The smallest absolute Gasteiger partial charge is 0.325 e. The number of hydrogen-bond donors (Lipinski definition) is 0. The van der Waals surface area contributed by atoms with Crippen molar-refractivity contribution in [1.82, 2.24) is 8.87 Å². The van der Waals surface area contributed by atoms with Crippen molar-refractivity contribution in [1.29, 1.82) is 0 Å². The molecule has 1 fully saturated rings. The Balaban J connectivity index is 1.55. The van der Waals surface area contributed by atoms with Gasteiger partial charge in [0, 0.05) is 18.7 Å². The van der Waals surface area contributed by atoms with Gasteiger partial charge in [-0.25, -0.2) is 8.42 Å². The van der Waals surface area contributed by atoms with Crippen molar-refractivity contribution in [3.8, 4) is 11.5 Å². The fourth-order valence-electron chi connectivity index (χ4n) is 3.89. The van der Waals surface area contributed by atoms with E-state index in [1.165, 1.54) is 34.9 Å². The minimum Gasteiger partial charge on any atom is -0.468 e. The summed E-state index contributed by atoms with van der Waals surface area (Å²) in [6, 6.07) is 5.46. The summed E-state index contributed by atoms with van der Waals surface area (Å²) in [6.07, 6.45) is 0.874. The molecule has 0 N–H and O–H groups in total. The number of ether oxygens (including phenoxy) is 3. The fourth-order valence-corrected chi connectivity index (χ4v) is 8.19. The molecule has 1 unspecified atom stereocenters. The summed E-state index contributed by atoms with van der Waals surface area (Å²) in [5.41, 5.74) is 0.621. The molecule has 0 spiro atoms. The van der Waals surface area contributed by atoms with E-state index >= 15 is 0 Å². The Bertz CT molecular complexity index is 1470. The highest BCUT2D eigenvalue weighted by molar-refractivity contribution is 7.91. The molecule has 2 aliphatic rings. The van der Waals surface area contributed by atoms with Crippen LogP contribution in [0, 0.1) is 0 Å². The predicted octanol–water partition coefficient (Wildman–Crippen LogP) is 2.60. The summed E-state index contributed by atoms with van der Waals surface area (Å²) in [5, 5.41) is 0. The van der Waals surface area contributed by atoms with Gasteiger partial charge in [-0.3, -0.25) is 9.59 Å². The molecule has 0 bridgehead atoms. The number of rotatable bonds is 5. The lowest BCUT2D eigenvalue weighted by atomic mass is 10.2. The Morgan fingerprint density at radius 1 is 1.24 bits per heavy atom. The standard InChI is InChI=1S/C20H18ClN3O7S3/c1-29-17(25)9-23-12-7-13-14(31-10-30-13)8-15(12)32-20(23)22-19(26)11-3-2-6-24(11)34(27,28)18-5-4-16(21)33-18/h4-5,7-8,11H,2-3,6,9-10H2,1H3. The molecular formula is C20H18ClN3O7S3. The number of nitrogens with zero attached hydrogens (tertiary/aromatic N) is 3. The van der Waals surface area contributed by atoms with E-state index in [4.69, 9.17) is 25.8 Å². The SMILES string of the molecule is COC(=O)Cn1c(=NC(=O)C2CCCN2S(=O)(=O)c2ccc(Cl)s2)sc2cc3c(cc21)OCO3. The van der Waals surface area contributed by atoms with E-state index in [0.717, 1.165) is 16.0 Å². The van der Waals surface area contributed by atoms with Crippen molar-refractivity contribution < 1.29 is 32.2 Å². The van der Waals surface area contributed by atoms with Crippen molar-refractivity contribution in [3.05, 3.63) is 33.4 Å². The van der Waals surface area contributed by atoms with Gasteiger partial charge in [0.1, 0.15) is 16.8 Å². The average molecular weight is 544 g/mol. The number of thiazole rings is 1. The number of carbonyl (C=O) groups excluding carboxylic acids is 2. The van der Waals surface area contributed by atoms with Gasteiger partial charge in [-0.15, -0.1) is 11.3 Å². The lowest BCUT2D eigenvalue weighted by molar-refractivity contribution is -0.141. The van der Waals surface area contributed by atoms with Crippen molar-refractivity contribution in [3.63, 3.8) is 0 Å². The number of aromatic nitrogens is 1. The van der Waals surface area contributed by atoms with Gasteiger partial charge in [-0.2, -0.15) is 9.30 Å². The molecule has 1 saturated heterocycles. The second-order valence-electron chi connectivity index (χ2n) is 7.50. The van der Waals surface area contributed by atoms with Gasteiger partial charge < -0.3 is 18.8 Å². The summed E-state index contributed by atoms with van der Waals surface area (Å²) in [6.45, 7) is 0.128. The van der Waals surface area contributed by atoms with Crippen LogP contribution in [0.5, 0.6) is 11.5 Å². The summed E-state index contributed by atoms with van der Waals surface area (Å²) >= 11 is 8.05. The van der Waals surface area contributed by atoms with E-state index in [1.54, 1.807) is 16.7 Å². The lowest BCUT2D eigenvalue weighted by Gasteiger charge is -2.20. The number of sulfonamides is 1. The van der Waals surface area contributed by atoms with Crippen molar-refractivity contribution in [2.75, 3.05) is 20.4 Å². The Morgan fingerprint density at radius 2 is 2.00 bits per heavy atom. The summed E-state index contributed by atoms with van der Waals surface area (Å²) in [5.74, 6) is -0.0520. The van der Waals surface area contributed by atoms with Crippen LogP contribution in [-0.2, 0) is 30.9 Å². The first-order valence-electron chi connectivity index (χ1n) is 10.1. The molecular weight excluding hydrogens is 526 g/mol. The molecule has 34 heavy (non-hydrogen) atoms. The van der Waals surface area contributed by atoms with Crippen LogP contribution in [0.1, 0.15) is 12.8 Å². The number of amides is 1. The molecule has 4 heterocycles. The van der Waals surface area contributed by atoms with Gasteiger partial charge in [0.25, 0.3) is 15.9 Å². The molecule has 2 aliphatic heterocycles. The fraction of sp³-hybridized carbons (Fsp3) is 0.350. The van der Waals surface area contributed by atoms with Crippen LogP contribution >= 0.6 is 34.3 Å². The first-order valence-corrected chi connectivity index (χ1v) is 13.6. The largest absolute Gasteiger partial charge is 0.468 e. The number of thiophene rings is 1. The third-order valence-electron chi connectivity index (χ3n) is 5.50. The van der Waals surface area contributed by atoms with Crippen LogP contribution in [0.2, 0.25) is 4.34 Å². The maximum atomic E-state index is 13.2. The van der Waals surface area contributed by atoms with Crippen molar-refractivity contribution in [2.45, 2.75) is 29.6 Å². The van der Waals surface area contributed by atoms with E-state index in [2.05, 4.69) is 4.99 Å². The van der Waals surface area contributed by atoms with E-state index in [1.807, 2.05) is 0 Å². The van der Waals surface area contributed by atoms with Crippen LogP contribution in [-0.4, -0.2) is 55.7 Å². The first-order chi connectivity index (χ1) is 16.3. The molecule has 1 amide bonds. The van der Waals surface area contributed by atoms with Crippen LogP contribution in [0.3, 0.4) is 0 Å². The minimum absolute atomic E-state index is 0.0781. The number of benzene rings is 1. The third-order valence-corrected chi connectivity index (χ3v) is 10.1. The van der Waals surface area contributed by atoms with E-state index in [-0.39, 0.29) is 28.9 Å². The zero-order valence-electron chi connectivity index (χ0n) is 17.7. The Kier molecular flexibility index (Phi) is 6.14. The Labute approximate surface area is 207 Å². The number of hydrogen-bond acceptors (Lipinski definition) is 9. The second-order valence-corrected chi connectivity index (χ2v) is 12.3. The van der Waals surface area contributed by atoms with Gasteiger partial charge in [-0.1, -0.05) is 22.9 Å². The molecule has 14 heteroatoms. The van der Waals surface area contributed by atoms with Crippen LogP contribution in [0.25, 0.3) is 10.2 Å². The number of fused-ring (bicyclic) bond motifs is 2. The predicted molar refractivity (Wildman–Crippen MR) is 125 cm³/mol. The first kappa shape index (κ1) is 23.3. The average Bonchev–Trinajstić information content (AvgIpc) is 3.59. The molecule has 1 atom stereocenters. The Morgan fingerprint density at radius 3 is 2.71 bits per heavy atom.